The van der Waals surface area contributed by atoms with Crippen molar-refractivity contribution in [1.29, 1.82) is 0 Å². The molecule has 2 aliphatic rings. The van der Waals surface area contributed by atoms with Crippen molar-refractivity contribution in [3.63, 3.8) is 0 Å². The number of hydrogen-bond donors (Lipinski definition) is 2. The number of rotatable bonds is 14. The molecule has 2 saturated heterocycles. The first-order valence-corrected chi connectivity index (χ1v) is 20.5. The van der Waals surface area contributed by atoms with Crippen LogP contribution in [0.2, 0.25) is 0 Å². The van der Waals surface area contributed by atoms with Crippen LogP contribution in [0.4, 0.5) is 4.79 Å². The third kappa shape index (κ3) is 8.56. The lowest BCUT2D eigenvalue weighted by Crippen LogP contribution is -2.73. The second-order valence-corrected chi connectivity index (χ2v) is 16.4. The highest BCUT2D eigenvalue weighted by Gasteiger charge is 2.51. The summed E-state index contributed by atoms with van der Waals surface area (Å²) in [6, 6.07) is 22.4. The van der Waals surface area contributed by atoms with Crippen LogP contribution >= 0.6 is 23.1 Å². The SMILES string of the molecule is C=CCN1CC(=O)N2[C@@H](Cc3ccc(O)cc3)C(=O)C(CCCc3csc4ccc(C(C)CC(C)SC)cc34)C[C@@H]2N1C(=O)NCc1ccccc1. The number of phenolic OH excluding ortho intramolecular Hbond substituents is 1. The molecule has 2 fully saturated rings. The van der Waals surface area contributed by atoms with Gasteiger partial charge in [-0.25, -0.2) is 14.8 Å². The minimum absolute atomic E-state index is 0.0344. The number of carbonyl (C=O) groups excluding carboxylic acids is 3. The normalized spacial score (nSPS) is 20.5. The number of urea groups is 1. The highest BCUT2D eigenvalue weighted by molar-refractivity contribution is 7.99. The van der Waals surface area contributed by atoms with Gasteiger partial charge in [-0.15, -0.1) is 17.9 Å². The molecule has 0 radical (unpaired) electrons. The van der Waals surface area contributed by atoms with Crippen LogP contribution in [0.1, 0.15) is 67.7 Å². The van der Waals surface area contributed by atoms with Gasteiger partial charge in [-0.05, 0) is 102 Å². The molecule has 52 heavy (non-hydrogen) atoms. The molecule has 274 valence electrons. The molecule has 3 heterocycles. The zero-order valence-corrected chi connectivity index (χ0v) is 32.0. The van der Waals surface area contributed by atoms with Gasteiger partial charge in [-0.3, -0.25) is 9.59 Å². The fraction of sp³-hybridized carbons (Fsp3) is 0.405. The number of benzene rings is 3. The number of hydrogen-bond acceptors (Lipinski definition) is 7. The quantitative estimate of drug-likeness (QED) is 0.127. The molecule has 2 aliphatic heterocycles. The number of ketones is 1. The van der Waals surface area contributed by atoms with E-state index < -0.39 is 12.2 Å². The number of phenols is 1. The highest BCUT2D eigenvalue weighted by atomic mass is 32.2. The molecular weight excluding hydrogens is 689 g/mol. The van der Waals surface area contributed by atoms with Crippen molar-refractivity contribution in [3.8, 4) is 5.75 Å². The van der Waals surface area contributed by atoms with Crippen LogP contribution in [0.15, 0.2) is 90.8 Å². The van der Waals surface area contributed by atoms with E-state index in [0.717, 1.165) is 30.4 Å². The Morgan fingerprint density at radius 2 is 1.85 bits per heavy atom. The summed E-state index contributed by atoms with van der Waals surface area (Å²) >= 11 is 3.68. The second kappa shape index (κ2) is 17.1. The van der Waals surface area contributed by atoms with Gasteiger partial charge in [0.2, 0.25) is 5.91 Å². The van der Waals surface area contributed by atoms with Crippen LogP contribution < -0.4 is 5.32 Å². The first kappa shape index (κ1) is 37.6. The number of nitrogens with one attached hydrogen (secondary N) is 1. The van der Waals surface area contributed by atoms with Crippen molar-refractivity contribution in [3.05, 3.63) is 113 Å². The fourth-order valence-corrected chi connectivity index (χ4v) is 9.22. The number of thiophene rings is 1. The molecular formula is C42H50N4O4S2. The number of piperidine rings is 1. The number of hydrazine groups is 1. The van der Waals surface area contributed by atoms with E-state index in [9.17, 15) is 19.5 Å². The van der Waals surface area contributed by atoms with Crippen molar-refractivity contribution in [2.75, 3.05) is 19.3 Å². The molecule has 10 heteroatoms. The van der Waals surface area contributed by atoms with Gasteiger partial charge < -0.3 is 15.3 Å². The van der Waals surface area contributed by atoms with Gasteiger partial charge in [-0.2, -0.15) is 11.8 Å². The van der Waals surface area contributed by atoms with E-state index in [0.29, 0.717) is 43.5 Å². The average molecular weight is 739 g/mol. The van der Waals surface area contributed by atoms with Crippen molar-refractivity contribution in [1.82, 2.24) is 20.2 Å². The summed E-state index contributed by atoms with van der Waals surface area (Å²) in [6.07, 6.45) is 7.36. The number of thioether (sulfide) groups is 1. The van der Waals surface area contributed by atoms with Crippen LogP contribution in [0.3, 0.4) is 0 Å². The van der Waals surface area contributed by atoms with Crippen molar-refractivity contribution in [2.24, 2.45) is 5.92 Å². The number of fused-ring (bicyclic) bond motifs is 2. The lowest BCUT2D eigenvalue weighted by molar-refractivity contribution is -0.183. The molecule has 2 N–H and O–H groups in total. The number of nitrogens with zero attached hydrogens (tertiary/aromatic N) is 3. The van der Waals surface area contributed by atoms with Crippen LogP contribution in [0.5, 0.6) is 5.75 Å². The van der Waals surface area contributed by atoms with Gasteiger partial charge in [0.05, 0.1) is 12.6 Å². The van der Waals surface area contributed by atoms with Crippen LogP contribution in [-0.2, 0) is 29.0 Å². The molecule has 5 atom stereocenters. The Bertz CT molecular complexity index is 1860. The Morgan fingerprint density at radius 3 is 2.58 bits per heavy atom. The Labute approximate surface area is 315 Å². The first-order chi connectivity index (χ1) is 25.2. The first-order valence-electron chi connectivity index (χ1n) is 18.3. The summed E-state index contributed by atoms with van der Waals surface area (Å²) in [5.41, 5.74) is 4.49. The molecule has 6 rings (SSSR count). The van der Waals surface area contributed by atoms with Gasteiger partial charge in [-0.1, -0.05) is 68.5 Å². The third-order valence-corrected chi connectivity index (χ3v) is 12.6. The van der Waals surface area contributed by atoms with Gasteiger partial charge in [0, 0.05) is 35.4 Å². The van der Waals surface area contributed by atoms with E-state index in [1.807, 2.05) is 42.1 Å². The molecule has 1 aromatic heterocycles. The zero-order chi connectivity index (χ0) is 36.8. The Kier molecular flexibility index (Phi) is 12.4. The van der Waals surface area contributed by atoms with E-state index in [-0.39, 0.29) is 35.9 Å². The number of aryl methyl sites for hydroxylation is 1. The standard InChI is InChI=1S/C42H50N4O4S2/c1-5-20-44-26-40(48)45-37(22-30-14-17-35(47)18-15-30)41(49)33(24-39(45)46(44)42(50)43-25-31-10-7-6-8-11-31)12-9-13-34-27-52-38-19-16-32(23-36(34)38)28(2)21-29(3)51-4/h5-8,10-11,14-19,23,27-29,33,37,39,47H,1,9,12-13,20-22,24-26H2,2-4H3,(H,43,50)/t28?,29?,33?,37-,39-/m0/s1. The molecule has 8 nitrogen and oxygen atoms in total. The summed E-state index contributed by atoms with van der Waals surface area (Å²) in [4.78, 5) is 44.0. The largest absolute Gasteiger partial charge is 0.508 e. The van der Waals surface area contributed by atoms with Crippen molar-refractivity contribution >= 4 is 50.9 Å². The molecule has 0 bridgehead atoms. The lowest BCUT2D eigenvalue weighted by Gasteiger charge is -2.54. The highest BCUT2D eigenvalue weighted by Crippen LogP contribution is 2.37. The maximum atomic E-state index is 14.4. The summed E-state index contributed by atoms with van der Waals surface area (Å²) in [5.74, 6) is 0.129. The average Bonchev–Trinajstić information content (AvgIpc) is 3.55. The van der Waals surface area contributed by atoms with E-state index in [2.05, 4.69) is 55.6 Å². The molecule has 0 saturated carbocycles. The van der Waals surface area contributed by atoms with Gasteiger partial charge in [0.1, 0.15) is 11.9 Å². The summed E-state index contributed by atoms with van der Waals surface area (Å²) in [5, 5.41) is 20.6. The van der Waals surface area contributed by atoms with E-state index in [1.54, 1.807) is 56.6 Å². The number of aromatic hydroxyl groups is 1. The maximum absolute atomic E-state index is 14.4. The molecule has 3 unspecified atom stereocenters. The van der Waals surface area contributed by atoms with Crippen LogP contribution in [0, 0.1) is 5.92 Å². The molecule has 0 spiro atoms. The minimum atomic E-state index is -0.731. The number of amides is 3. The number of carbonyl (C=O) groups is 3. The predicted molar refractivity (Wildman–Crippen MR) is 212 cm³/mol. The molecule has 0 aliphatic carbocycles. The minimum Gasteiger partial charge on any atom is -0.508 e. The Morgan fingerprint density at radius 1 is 1.08 bits per heavy atom. The Balaban J connectivity index is 1.25. The summed E-state index contributed by atoms with van der Waals surface area (Å²) < 4.78 is 1.28. The fourth-order valence-electron chi connectivity index (χ4n) is 7.76. The van der Waals surface area contributed by atoms with E-state index in [1.165, 1.54) is 21.2 Å². The van der Waals surface area contributed by atoms with Crippen LogP contribution in [-0.4, -0.2) is 74.5 Å². The third-order valence-electron chi connectivity index (χ3n) is 10.6. The lowest BCUT2D eigenvalue weighted by atomic mass is 9.81. The van der Waals surface area contributed by atoms with Crippen molar-refractivity contribution in [2.45, 2.75) is 82.3 Å². The molecule has 3 amide bonds. The predicted octanol–water partition coefficient (Wildman–Crippen LogP) is 8.16. The van der Waals surface area contributed by atoms with Crippen LogP contribution in [0.25, 0.3) is 10.1 Å². The van der Waals surface area contributed by atoms with Gasteiger partial charge in [0.25, 0.3) is 0 Å². The van der Waals surface area contributed by atoms with Crippen molar-refractivity contribution < 1.29 is 19.5 Å². The summed E-state index contributed by atoms with van der Waals surface area (Å²) in [7, 11) is 0. The molecule has 3 aromatic carbocycles. The number of Topliss-reactive ketones (excluding diaryl/α,β-unsaturated/α-hetero) is 1. The Hall–Kier alpha value is -4.12. The van der Waals surface area contributed by atoms with Gasteiger partial charge in [0.15, 0.2) is 5.78 Å². The molecule has 4 aromatic rings. The van der Waals surface area contributed by atoms with E-state index in [4.69, 9.17) is 0 Å². The monoisotopic (exact) mass is 738 g/mol. The zero-order valence-electron chi connectivity index (χ0n) is 30.4. The van der Waals surface area contributed by atoms with Gasteiger partial charge >= 0.3 is 6.03 Å². The topological polar surface area (TPSA) is 93.2 Å². The van der Waals surface area contributed by atoms with E-state index >= 15 is 0 Å². The maximum Gasteiger partial charge on any atom is 0.334 e. The second-order valence-electron chi connectivity index (χ2n) is 14.2. The summed E-state index contributed by atoms with van der Waals surface area (Å²) in [6.45, 7) is 9.11. The smallest absolute Gasteiger partial charge is 0.334 e.